The lowest BCUT2D eigenvalue weighted by Crippen LogP contribution is -2.52. The Balaban J connectivity index is 0.00000300. The monoisotopic (exact) mass is 511 g/mol. The molecule has 0 unspecified atom stereocenters. The number of guanidine groups is 1. The van der Waals surface area contributed by atoms with Gasteiger partial charge < -0.3 is 25.0 Å². The van der Waals surface area contributed by atoms with Crippen LogP contribution in [0.2, 0.25) is 0 Å². The van der Waals surface area contributed by atoms with Crippen LogP contribution < -0.4 is 15.0 Å². The molecule has 1 aliphatic rings. The van der Waals surface area contributed by atoms with Gasteiger partial charge in [-0.15, -0.1) is 24.0 Å². The van der Waals surface area contributed by atoms with Crippen molar-refractivity contribution >= 4 is 35.8 Å². The second-order valence-corrected chi connectivity index (χ2v) is 6.64. The van der Waals surface area contributed by atoms with Crippen molar-refractivity contribution in [2.75, 3.05) is 51.3 Å². The molecule has 0 radical (unpaired) electrons. The van der Waals surface area contributed by atoms with Crippen molar-refractivity contribution < 1.29 is 9.84 Å². The molecule has 7 nitrogen and oxygen atoms in total. The molecule has 1 saturated heterocycles. The van der Waals surface area contributed by atoms with E-state index in [1.54, 1.807) is 13.2 Å². The Morgan fingerprint density at radius 1 is 1.21 bits per heavy atom. The average Bonchev–Trinajstić information content (AvgIpc) is 2.75. The Morgan fingerprint density at radius 2 is 2.00 bits per heavy atom. The fraction of sp³-hybridized carbons (Fsp3) is 0.429. The Hall–Kier alpha value is -2.23. The summed E-state index contributed by atoms with van der Waals surface area (Å²) in [5.74, 6) is 2.86. The number of halogens is 1. The molecule has 2 heterocycles. The fourth-order valence-electron chi connectivity index (χ4n) is 3.28. The maximum atomic E-state index is 10.1. The summed E-state index contributed by atoms with van der Waals surface area (Å²) in [6.07, 6.45) is 2.51. The number of nitrogens with one attached hydrogen (secondary N) is 1. The standard InChI is InChI=1S/C21H29N5O2.HI/c1-3-22-21(24-11-9-17-7-8-18(28-2)16-19(17)27)26-14-12-25(13-15-26)20-6-4-5-10-23-20;/h4-8,10,16,27H,3,9,11-15H2,1-2H3,(H,22,24);1H. The zero-order valence-electron chi connectivity index (χ0n) is 17.0. The molecule has 1 aromatic carbocycles. The molecule has 1 fully saturated rings. The second kappa shape index (κ2) is 11.7. The van der Waals surface area contributed by atoms with E-state index in [1.807, 2.05) is 30.5 Å². The first-order valence-corrected chi connectivity index (χ1v) is 9.76. The molecular weight excluding hydrogens is 481 g/mol. The van der Waals surface area contributed by atoms with Gasteiger partial charge in [0.15, 0.2) is 5.96 Å². The number of pyridine rings is 1. The summed E-state index contributed by atoms with van der Waals surface area (Å²) in [4.78, 5) is 13.8. The number of benzene rings is 1. The van der Waals surface area contributed by atoms with Crippen LogP contribution in [0.25, 0.3) is 0 Å². The third kappa shape index (κ3) is 6.38. The molecule has 1 aliphatic heterocycles. The van der Waals surface area contributed by atoms with Crippen LogP contribution in [-0.4, -0.2) is 67.3 Å². The number of nitrogens with zero attached hydrogens (tertiary/aromatic N) is 4. The Morgan fingerprint density at radius 3 is 2.62 bits per heavy atom. The molecule has 29 heavy (non-hydrogen) atoms. The Kier molecular flexibility index (Phi) is 9.30. The zero-order chi connectivity index (χ0) is 19.8. The lowest BCUT2D eigenvalue weighted by Gasteiger charge is -2.37. The number of methoxy groups -OCH3 is 1. The number of anilines is 1. The molecule has 2 aromatic rings. The van der Waals surface area contributed by atoms with E-state index in [2.05, 4.69) is 33.1 Å². The number of phenolic OH excluding ortho intramolecular Hbond substituents is 1. The van der Waals surface area contributed by atoms with Crippen molar-refractivity contribution in [2.45, 2.75) is 13.3 Å². The van der Waals surface area contributed by atoms with Crippen LogP contribution >= 0.6 is 24.0 Å². The van der Waals surface area contributed by atoms with Crippen LogP contribution in [0.15, 0.2) is 47.6 Å². The summed E-state index contributed by atoms with van der Waals surface area (Å²) in [6, 6.07) is 11.4. The van der Waals surface area contributed by atoms with Gasteiger partial charge >= 0.3 is 0 Å². The topological polar surface area (TPSA) is 73.2 Å². The SMILES string of the molecule is CCNC(=NCCc1ccc(OC)cc1O)N1CCN(c2ccccn2)CC1.I. The van der Waals surface area contributed by atoms with Crippen molar-refractivity contribution in [3.05, 3.63) is 48.2 Å². The van der Waals surface area contributed by atoms with Gasteiger partial charge in [-0.2, -0.15) is 0 Å². The summed E-state index contributed by atoms with van der Waals surface area (Å²) >= 11 is 0. The summed E-state index contributed by atoms with van der Waals surface area (Å²) in [7, 11) is 1.59. The Labute approximate surface area is 189 Å². The number of ether oxygens (including phenoxy) is 1. The van der Waals surface area contributed by atoms with E-state index in [0.29, 0.717) is 18.7 Å². The number of aliphatic imine (C=N–C) groups is 1. The van der Waals surface area contributed by atoms with Gasteiger partial charge in [0.25, 0.3) is 0 Å². The fourth-order valence-corrected chi connectivity index (χ4v) is 3.28. The second-order valence-electron chi connectivity index (χ2n) is 6.64. The molecule has 0 amide bonds. The summed E-state index contributed by atoms with van der Waals surface area (Å²) < 4.78 is 5.13. The van der Waals surface area contributed by atoms with Gasteiger partial charge in [0.1, 0.15) is 17.3 Å². The summed E-state index contributed by atoms with van der Waals surface area (Å²) in [5, 5.41) is 13.5. The number of aromatic hydroxyl groups is 1. The van der Waals surface area contributed by atoms with Crippen LogP contribution in [0.4, 0.5) is 5.82 Å². The number of hydrogen-bond donors (Lipinski definition) is 2. The Bertz CT molecular complexity index is 780. The van der Waals surface area contributed by atoms with Crippen LogP contribution in [0.1, 0.15) is 12.5 Å². The van der Waals surface area contributed by atoms with Gasteiger partial charge in [-0.25, -0.2) is 4.98 Å². The van der Waals surface area contributed by atoms with Gasteiger partial charge in [0.05, 0.1) is 7.11 Å². The van der Waals surface area contributed by atoms with Gasteiger partial charge in [0.2, 0.25) is 0 Å². The number of hydrogen-bond acceptors (Lipinski definition) is 5. The minimum atomic E-state index is 0. The van der Waals surface area contributed by atoms with E-state index in [4.69, 9.17) is 9.73 Å². The minimum absolute atomic E-state index is 0. The van der Waals surface area contributed by atoms with Gasteiger partial charge in [-0.3, -0.25) is 4.99 Å². The van der Waals surface area contributed by atoms with E-state index >= 15 is 0 Å². The molecule has 0 aliphatic carbocycles. The number of piperazine rings is 1. The molecule has 8 heteroatoms. The lowest BCUT2D eigenvalue weighted by molar-refractivity contribution is 0.371. The highest BCUT2D eigenvalue weighted by molar-refractivity contribution is 14.0. The maximum absolute atomic E-state index is 10.1. The van der Waals surface area contributed by atoms with Gasteiger partial charge in [-0.05, 0) is 37.1 Å². The maximum Gasteiger partial charge on any atom is 0.194 e. The molecule has 158 valence electrons. The molecular formula is C21H30IN5O2. The predicted octanol–water partition coefficient (Wildman–Crippen LogP) is 2.74. The molecule has 1 aromatic heterocycles. The van der Waals surface area contributed by atoms with Crippen LogP contribution in [0, 0.1) is 0 Å². The highest BCUT2D eigenvalue weighted by Gasteiger charge is 2.20. The largest absolute Gasteiger partial charge is 0.508 e. The van der Waals surface area contributed by atoms with E-state index in [-0.39, 0.29) is 29.7 Å². The number of aromatic nitrogens is 1. The zero-order valence-corrected chi connectivity index (χ0v) is 19.4. The summed E-state index contributed by atoms with van der Waals surface area (Å²) in [6.45, 7) is 7.15. The molecule has 2 N–H and O–H groups in total. The van der Waals surface area contributed by atoms with Crippen molar-refractivity contribution in [2.24, 2.45) is 4.99 Å². The third-order valence-corrected chi connectivity index (χ3v) is 4.82. The minimum Gasteiger partial charge on any atom is -0.508 e. The van der Waals surface area contributed by atoms with Crippen molar-refractivity contribution in [1.82, 2.24) is 15.2 Å². The number of phenols is 1. The normalized spacial score (nSPS) is 14.3. The van der Waals surface area contributed by atoms with Crippen molar-refractivity contribution in [3.63, 3.8) is 0 Å². The predicted molar refractivity (Wildman–Crippen MR) is 128 cm³/mol. The van der Waals surface area contributed by atoms with Gasteiger partial charge in [-0.1, -0.05) is 12.1 Å². The van der Waals surface area contributed by atoms with E-state index in [0.717, 1.165) is 50.1 Å². The van der Waals surface area contributed by atoms with Crippen LogP contribution in [0.5, 0.6) is 11.5 Å². The average molecular weight is 511 g/mol. The first kappa shape index (κ1) is 23.1. The van der Waals surface area contributed by atoms with E-state index in [1.165, 1.54) is 0 Å². The van der Waals surface area contributed by atoms with Crippen LogP contribution in [0.3, 0.4) is 0 Å². The lowest BCUT2D eigenvalue weighted by atomic mass is 10.1. The molecule has 0 saturated carbocycles. The molecule has 3 rings (SSSR count). The first-order chi connectivity index (χ1) is 13.7. The highest BCUT2D eigenvalue weighted by atomic mass is 127. The van der Waals surface area contributed by atoms with Crippen LogP contribution in [-0.2, 0) is 6.42 Å². The smallest absolute Gasteiger partial charge is 0.194 e. The van der Waals surface area contributed by atoms with E-state index < -0.39 is 0 Å². The third-order valence-electron chi connectivity index (χ3n) is 4.82. The van der Waals surface area contributed by atoms with E-state index in [9.17, 15) is 5.11 Å². The first-order valence-electron chi connectivity index (χ1n) is 9.76. The molecule has 0 atom stereocenters. The molecule has 0 bridgehead atoms. The number of rotatable bonds is 6. The van der Waals surface area contributed by atoms with Crippen molar-refractivity contribution in [3.8, 4) is 11.5 Å². The molecule has 0 spiro atoms. The summed E-state index contributed by atoms with van der Waals surface area (Å²) in [5.41, 5.74) is 0.875. The highest BCUT2D eigenvalue weighted by Crippen LogP contribution is 2.23. The quantitative estimate of drug-likeness (QED) is 0.353. The van der Waals surface area contributed by atoms with Gasteiger partial charge in [0, 0.05) is 51.5 Å². The van der Waals surface area contributed by atoms with Crippen molar-refractivity contribution in [1.29, 1.82) is 0 Å².